The third-order valence-electron chi connectivity index (χ3n) is 5.25. The number of nitrogens with zero attached hydrogens (tertiary/aromatic N) is 2. The van der Waals surface area contributed by atoms with Gasteiger partial charge in [-0.1, -0.05) is 24.3 Å². The van der Waals surface area contributed by atoms with E-state index in [1.165, 1.54) is 7.11 Å². The van der Waals surface area contributed by atoms with Crippen molar-refractivity contribution in [1.82, 2.24) is 9.80 Å². The second-order valence-corrected chi connectivity index (χ2v) is 7.08. The molecule has 2 aliphatic rings. The molecule has 1 amide bonds. The van der Waals surface area contributed by atoms with E-state index in [4.69, 9.17) is 9.47 Å². The average molecular weight is 372 g/mol. The Bertz CT molecular complexity index is 657. The summed E-state index contributed by atoms with van der Waals surface area (Å²) in [5.74, 6) is 0.398. The lowest BCUT2D eigenvalue weighted by Gasteiger charge is -2.33. The van der Waals surface area contributed by atoms with E-state index in [2.05, 4.69) is 17.1 Å². The predicted octanol–water partition coefficient (Wildman–Crippen LogP) is 2.06. The highest BCUT2D eigenvalue weighted by atomic mass is 16.5. The topological polar surface area (TPSA) is 59.1 Å². The van der Waals surface area contributed by atoms with Crippen LogP contribution in [0.15, 0.2) is 30.3 Å². The average Bonchev–Trinajstić information content (AvgIpc) is 2.73. The van der Waals surface area contributed by atoms with E-state index < -0.39 is 0 Å². The molecule has 0 N–H and O–H groups in total. The number of carbonyl (C=O) groups is 2. The third kappa shape index (κ3) is 5.65. The fraction of sp³-hybridized carbons (Fsp3) is 0.524. The molecule has 6 nitrogen and oxygen atoms in total. The lowest BCUT2D eigenvalue weighted by atomic mass is 9.95. The Morgan fingerprint density at radius 1 is 1.11 bits per heavy atom. The molecule has 27 heavy (non-hydrogen) atoms. The number of carbonyl (C=O) groups excluding carboxylic acids is 2. The summed E-state index contributed by atoms with van der Waals surface area (Å²) in [7, 11) is 1.38. The van der Waals surface area contributed by atoms with Crippen LogP contribution in [-0.4, -0.2) is 74.7 Å². The Labute approximate surface area is 160 Å². The van der Waals surface area contributed by atoms with Crippen LogP contribution in [0.4, 0.5) is 0 Å². The van der Waals surface area contributed by atoms with Gasteiger partial charge in [0.05, 0.1) is 32.4 Å². The zero-order chi connectivity index (χ0) is 19.1. The summed E-state index contributed by atoms with van der Waals surface area (Å²) in [5, 5.41) is 0. The van der Waals surface area contributed by atoms with Crippen LogP contribution in [0.2, 0.25) is 0 Å². The molecule has 0 bridgehead atoms. The maximum absolute atomic E-state index is 12.5. The summed E-state index contributed by atoms with van der Waals surface area (Å²) < 4.78 is 10.0. The molecule has 2 saturated heterocycles. The molecule has 0 aromatic heterocycles. The number of esters is 1. The summed E-state index contributed by atoms with van der Waals surface area (Å²) in [6, 6.07) is 7.39. The molecular formula is C21H28N2O4. The van der Waals surface area contributed by atoms with E-state index in [-0.39, 0.29) is 11.9 Å². The van der Waals surface area contributed by atoms with E-state index in [9.17, 15) is 9.59 Å². The molecule has 0 radical (unpaired) electrons. The van der Waals surface area contributed by atoms with Gasteiger partial charge in [-0.15, -0.1) is 0 Å². The number of likely N-dealkylation sites (tertiary alicyclic amines) is 1. The number of rotatable bonds is 5. The molecule has 2 heterocycles. The first-order valence-corrected chi connectivity index (χ1v) is 9.60. The summed E-state index contributed by atoms with van der Waals surface area (Å²) >= 11 is 0. The van der Waals surface area contributed by atoms with Crippen LogP contribution < -0.4 is 0 Å². The van der Waals surface area contributed by atoms with E-state index in [1.807, 2.05) is 17.0 Å². The highest BCUT2D eigenvalue weighted by Gasteiger charge is 2.23. The minimum absolute atomic E-state index is 0.234. The lowest BCUT2D eigenvalue weighted by Crippen LogP contribution is -2.46. The van der Waals surface area contributed by atoms with Crippen LogP contribution in [0.5, 0.6) is 0 Å². The first kappa shape index (κ1) is 19.6. The highest BCUT2D eigenvalue weighted by Crippen LogP contribution is 2.20. The van der Waals surface area contributed by atoms with Gasteiger partial charge in [0.2, 0.25) is 5.91 Å². The number of allylic oxidation sites excluding steroid dienone is 1. The Balaban J connectivity index is 1.44. The third-order valence-corrected chi connectivity index (χ3v) is 5.25. The number of hydrogen-bond donors (Lipinski definition) is 0. The highest BCUT2D eigenvalue weighted by molar-refractivity contribution is 5.89. The van der Waals surface area contributed by atoms with E-state index in [0.717, 1.165) is 57.8 Å². The summed E-state index contributed by atoms with van der Waals surface area (Å²) in [6.45, 7) is 5.29. The van der Waals surface area contributed by atoms with Crippen molar-refractivity contribution >= 4 is 18.0 Å². The molecule has 0 unspecified atom stereocenters. The molecule has 0 spiro atoms. The minimum Gasteiger partial charge on any atom is -0.465 e. The summed E-state index contributed by atoms with van der Waals surface area (Å²) in [5.41, 5.74) is 1.62. The molecular weight excluding hydrogens is 344 g/mol. The monoisotopic (exact) mass is 372 g/mol. The van der Waals surface area contributed by atoms with Crippen molar-refractivity contribution in [3.05, 3.63) is 41.5 Å². The zero-order valence-corrected chi connectivity index (χ0v) is 15.9. The van der Waals surface area contributed by atoms with Gasteiger partial charge in [-0.05, 0) is 36.5 Å². The molecule has 2 fully saturated rings. The van der Waals surface area contributed by atoms with Crippen LogP contribution in [0.25, 0.3) is 6.08 Å². The Morgan fingerprint density at radius 3 is 2.41 bits per heavy atom. The second-order valence-electron chi connectivity index (χ2n) is 7.08. The number of hydrogen-bond acceptors (Lipinski definition) is 5. The molecule has 3 rings (SSSR count). The van der Waals surface area contributed by atoms with E-state index in [1.54, 1.807) is 12.1 Å². The van der Waals surface area contributed by atoms with Crippen LogP contribution in [0.1, 0.15) is 28.8 Å². The standard InChI is InChI=1S/C21H28N2O4/c1-26-21(25)19-6-4-17(5-7-19)2-3-18-8-10-23(11-9-18)20(24)16-22-12-14-27-15-13-22/h2-7,18H,8-16H2,1H3. The molecule has 0 saturated carbocycles. The SMILES string of the molecule is COC(=O)c1ccc(C=CC2CCN(C(=O)CN3CCOCC3)CC2)cc1. The van der Waals surface area contributed by atoms with Gasteiger partial charge >= 0.3 is 5.97 Å². The van der Waals surface area contributed by atoms with Crippen LogP contribution in [0.3, 0.4) is 0 Å². The van der Waals surface area contributed by atoms with Gasteiger partial charge in [-0.3, -0.25) is 9.69 Å². The van der Waals surface area contributed by atoms with Crippen molar-refractivity contribution in [1.29, 1.82) is 0 Å². The van der Waals surface area contributed by atoms with Gasteiger partial charge < -0.3 is 14.4 Å². The number of piperidine rings is 1. The van der Waals surface area contributed by atoms with Crippen molar-refractivity contribution in [2.24, 2.45) is 5.92 Å². The maximum Gasteiger partial charge on any atom is 0.337 e. The first-order chi connectivity index (χ1) is 13.2. The number of amides is 1. The van der Waals surface area contributed by atoms with Crippen molar-refractivity contribution in [3.63, 3.8) is 0 Å². The largest absolute Gasteiger partial charge is 0.465 e. The van der Waals surface area contributed by atoms with E-state index >= 15 is 0 Å². The Kier molecular flexibility index (Phi) is 7.01. The van der Waals surface area contributed by atoms with Gasteiger partial charge in [0.25, 0.3) is 0 Å². The second kappa shape index (κ2) is 9.67. The van der Waals surface area contributed by atoms with Gasteiger partial charge in [0.15, 0.2) is 0 Å². The number of ether oxygens (including phenoxy) is 2. The smallest absolute Gasteiger partial charge is 0.337 e. The summed E-state index contributed by atoms with van der Waals surface area (Å²) in [6.07, 6.45) is 6.30. The first-order valence-electron chi connectivity index (χ1n) is 9.60. The molecule has 146 valence electrons. The quantitative estimate of drug-likeness (QED) is 0.741. The number of methoxy groups -OCH3 is 1. The molecule has 1 aromatic rings. The van der Waals surface area contributed by atoms with Crippen LogP contribution in [0, 0.1) is 5.92 Å². The van der Waals surface area contributed by atoms with Crippen molar-refractivity contribution in [2.75, 3.05) is 53.0 Å². The molecule has 2 aliphatic heterocycles. The fourth-order valence-corrected chi connectivity index (χ4v) is 3.49. The number of morpholine rings is 1. The molecule has 0 atom stereocenters. The Hall–Kier alpha value is -2.18. The van der Waals surface area contributed by atoms with Crippen molar-refractivity contribution in [3.8, 4) is 0 Å². The van der Waals surface area contributed by atoms with Gasteiger partial charge in [0.1, 0.15) is 0 Å². The normalized spacial score (nSPS) is 19.4. The molecule has 1 aromatic carbocycles. The number of benzene rings is 1. The maximum atomic E-state index is 12.5. The van der Waals surface area contributed by atoms with Crippen LogP contribution >= 0.6 is 0 Å². The van der Waals surface area contributed by atoms with Crippen molar-refractivity contribution < 1.29 is 19.1 Å². The predicted molar refractivity (Wildman–Crippen MR) is 103 cm³/mol. The van der Waals surface area contributed by atoms with Crippen molar-refractivity contribution in [2.45, 2.75) is 12.8 Å². The Morgan fingerprint density at radius 2 is 1.78 bits per heavy atom. The lowest BCUT2D eigenvalue weighted by molar-refractivity contribution is -0.134. The molecule has 6 heteroatoms. The van der Waals surface area contributed by atoms with Gasteiger partial charge in [-0.2, -0.15) is 0 Å². The van der Waals surface area contributed by atoms with Gasteiger partial charge in [-0.25, -0.2) is 4.79 Å². The van der Waals surface area contributed by atoms with E-state index in [0.29, 0.717) is 18.0 Å². The fourth-order valence-electron chi connectivity index (χ4n) is 3.49. The molecule has 0 aliphatic carbocycles. The zero-order valence-electron chi connectivity index (χ0n) is 15.9. The minimum atomic E-state index is -0.320. The summed E-state index contributed by atoms with van der Waals surface area (Å²) in [4.78, 5) is 28.1. The van der Waals surface area contributed by atoms with Gasteiger partial charge in [0, 0.05) is 26.2 Å². The van der Waals surface area contributed by atoms with Crippen LogP contribution in [-0.2, 0) is 14.3 Å².